The maximum Gasteiger partial charge on any atom is 0.265 e. The lowest BCUT2D eigenvalue weighted by Gasteiger charge is -2.20. The summed E-state index contributed by atoms with van der Waals surface area (Å²) in [7, 11) is -2.10. The molecule has 106 valence electrons. The molecule has 0 saturated carbocycles. The number of hydrogen-bond donors (Lipinski definition) is 0. The van der Waals surface area contributed by atoms with Gasteiger partial charge in [-0.25, -0.2) is 8.42 Å². The van der Waals surface area contributed by atoms with Crippen molar-refractivity contribution in [2.24, 2.45) is 0 Å². The zero-order valence-electron chi connectivity index (χ0n) is 10.8. The summed E-state index contributed by atoms with van der Waals surface area (Å²) in [5.41, 5.74) is 1.37. The van der Waals surface area contributed by atoms with E-state index in [1.165, 1.54) is 11.4 Å². The van der Waals surface area contributed by atoms with Crippen LogP contribution in [0.4, 0.5) is 5.69 Å². The number of benzene rings is 2. The first-order chi connectivity index (χ1) is 9.46. The molecule has 0 heterocycles. The summed E-state index contributed by atoms with van der Waals surface area (Å²) in [5.74, 6) is 0.269. The normalized spacial score (nSPS) is 11.3. The van der Waals surface area contributed by atoms with E-state index in [1.54, 1.807) is 42.5 Å². The second-order valence-electron chi connectivity index (χ2n) is 4.21. The van der Waals surface area contributed by atoms with Gasteiger partial charge in [-0.2, -0.15) is 0 Å². The minimum Gasteiger partial charge on any atom is -0.269 e. The molecule has 0 fully saturated rings. The van der Waals surface area contributed by atoms with E-state index in [9.17, 15) is 8.42 Å². The first-order valence-electron chi connectivity index (χ1n) is 5.85. The molecular weight excluding hydrogens is 362 g/mol. The predicted molar refractivity (Wildman–Crippen MR) is 85.7 cm³/mol. The van der Waals surface area contributed by atoms with E-state index in [2.05, 4.69) is 15.9 Å². The van der Waals surface area contributed by atoms with Crippen molar-refractivity contribution in [3.63, 3.8) is 0 Å². The number of alkyl halides is 1. The van der Waals surface area contributed by atoms with Gasteiger partial charge in [-0.15, -0.1) is 11.6 Å². The maximum atomic E-state index is 12.7. The number of nitrogens with zero attached hydrogens (tertiary/aromatic N) is 1. The molecule has 0 atom stereocenters. The van der Waals surface area contributed by atoms with E-state index in [1.807, 2.05) is 6.07 Å². The number of rotatable bonds is 4. The standard InChI is InChI=1S/C14H13BrClNO2S/c1-17(12-5-3-2-4-6-12)20(18,19)14-9-11(10-16)7-8-13(14)15/h2-9H,10H2,1H3. The molecule has 0 spiro atoms. The molecule has 0 bridgehead atoms. The summed E-state index contributed by atoms with van der Waals surface area (Å²) in [4.78, 5) is 0.210. The van der Waals surface area contributed by atoms with Crippen LogP contribution in [0.25, 0.3) is 0 Å². The van der Waals surface area contributed by atoms with Crippen LogP contribution in [0.3, 0.4) is 0 Å². The molecule has 0 radical (unpaired) electrons. The van der Waals surface area contributed by atoms with Gasteiger partial charge in [0.05, 0.1) is 5.69 Å². The molecule has 0 aromatic heterocycles. The highest BCUT2D eigenvalue weighted by Crippen LogP contribution is 2.28. The van der Waals surface area contributed by atoms with Crippen LogP contribution in [-0.2, 0) is 15.9 Å². The quantitative estimate of drug-likeness (QED) is 0.758. The van der Waals surface area contributed by atoms with Crippen molar-refractivity contribution in [3.8, 4) is 0 Å². The number of sulfonamides is 1. The summed E-state index contributed by atoms with van der Waals surface area (Å²) in [6.45, 7) is 0. The molecule has 20 heavy (non-hydrogen) atoms. The Morgan fingerprint density at radius 2 is 1.80 bits per heavy atom. The van der Waals surface area contributed by atoms with Gasteiger partial charge in [-0.3, -0.25) is 4.31 Å². The Balaban J connectivity index is 2.50. The third-order valence-corrected chi connectivity index (χ3v) is 6.00. The highest BCUT2D eigenvalue weighted by molar-refractivity contribution is 9.10. The third-order valence-electron chi connectivity index (χ3n) is 2.91. The Hall–Kier alpha value is -1.04. The van der Waals surface area contributed by atoms with Gasteiger partial charge in [0.2, 0.25) is 0 Å². The number of hydrogen-bond acceptors (Lipinski definition) is 2. The SMILES string of the molecule is CN(c1ccccc1)S(=O)(=O)c1cc(CCl)ccc1Br. The van der Waals surface area contributed by atoms with Gasteiger partial charge in [0, 0.05) is 17.4 Å². The fraction of sp³-hybridized carbons (Fsp3) is 0.143. The van der Waals surface area contributed by atoms with Crippen molar-refractivity contribution in [2.45, 2.75) is 10.8 Å². The second-order valence-corrected chi connectivity index (χ2v) is 7.27. The van der Waals surface area contributed by atoms with E-state index < -0.39 is 10.0 Å². The van der Waals surface area contributed by atoms with Crippen LogP contribution in [0.15, 0.2) is 57.9 Å². The van der Waals surface area contributed by atoms with Crippen molar-refractivity contribution in [3.05, 3.63) is 58.6 Å². The third kappa shape index (κ3) is 3.00. The topological polar surface area (TPSA) is 37.4 Å². The smallest absolute Gasteiger partial charge is 0.265 e. The zero-order chi connectivity index (χ0) is 14.8. The van der Waals surface area contributed by atoms with Gasteiger partial charge in [-0.05, 0) is 45.8 Å². The average Bonchev–Trinajstić information content (AvgIpc) is 2.47. The summed E-state index contributed by atoms with van der Waals surface area (Å²) < 4.78 is 27.1. The Morgan fingerprint density at radius 3 is 2.40 bits per heavy atom. The molecule has 6 heteroatoms. The lowest BCUT2D eigenvalue weighted by Crippen LogP contribution is -2.26. The van der Waals surface area contributed by atoms with Gasteiger partial charge in [0.1, 0.15) is 4.90 Å². The van der Waals surface area contributed by atoms with Crippen LogP contribution in [-0.4, -0.2) is 15.5 Å². The van der Waals surface area contributed by atoms with Crippen molar-refractivity contribution in [1.29, 1.82) is 0 Å². The lowest BCUT2D eigenvalue weighted by molar-refractivity contribution is 0.594. The monoisotopic (exact) mass is 373 g/mol. The number of anilines is 1. The van der Waals surface area contributed by atoms with Crippen LogP contribution >= 0.6 is 27.5 Å². The van der Waals surface area contributed by atoms with Gasteiger partial charge in [0.25, 0.3) is 10.0 Å². The van der Waals surface area contributed by atoms with Crippen molar-refractivity contribution < 1.29 is 8.42 Å². The zero-order valence-corrected chi connectivity index (χ0v) is 13.9. The summed E-state index contributed by atoms with van der Waals surface area (Å²) in [6.07, 6.45) is 0. The first-order valence-corrected chi connectivity index (χ1v) is 8.62. The maximum absolute atomic E-state index is 12.7. The van der Waals surface area contributed by atoms with E-state index >= 15 is 0 Å². The van der Waals surface area contributed by atoms with Gasteiger partial charge in [-0.1, -0.05) is 24.3 Å². The molecule has 2 rings (SSSR count). The highest BCUT2D eigenvalue weighted by atomic mass is 79.9. The largest absolute Gasteiger partial charge is 0.269 e. The molecule has 0 aliphatic rings. The molecule has 0 aliphatic carbocycles. The second kappa shape index (κ2) is 6.16. The van der Waals surface area contributed by atoms with Crippen molar-refractivity contribution >= 4 is 43.2 Å². The summed E-state index contributed by atoms with van der Waals surface area (Å²) >= 11 is 9.06. The van der Waals surface area contributed by atoms with E-state index in [-0.39, 0.29) is 10.8 Å². The number of halogens is 2. The Kier molecular flexibility index (Phi) is 4.73. The fourth-order valence-corrected chi connectivity index (χ4v) is 4.09. The molecule has 0 saturated heterocycles. The van der Waals surface area contributed by atoms with Crippen molar-refractivity contribution in [1.82, 2.24) is 0 Å². The molecule has 0 aliphatic heterocycles. The molecule has 2 aromatic carbocycles. The first kappa shape index (κ1) is 15.4. The molecule has 2 aromatic rings. The minimum absolute atomic E-state index is 0.210. The Bertz CT molecular complexity index is 704. The Morgan fingerprint density at radius 1 is 1.15 bits per heavy atom. The molecule has 3 nitrogen and oxygen atoms in total. The van der Waals surface area contributed by atoms with Crippen molar-refractivity contribution in [2.75, 3.05) is 11.4 Å². The van der Waals surface area contributed by atoms with Crippen LogP contribution in [0.1, 0.15) is 5.56 Å². The minimum atomic E-state index is -3.63. The lowest BCUT2D eigenvalue weighted by atomic mass is 10.2. The highest BCUT2D eigenvalue weighted by Gasteiger charge is 2.24. The summed E-state index contributed by atoms with van der Waals surface area (Å²) in [6, 6.07) is 14.0. The van der Waals surface area contributed by atoms with Gasteiger partial charge >= 0.3 is 0 Å². The van der Waals surface area contributed by atoms with Crippen LogP contribution in [0.2, 0.25) is 0 Å². The fourth-order valence-electron chi connectivity index (χ4n) is 1.75. The van der Waals surface area contributed by atoms with Crippen LogP contribution < -0.4 is 4.31 Å². The van der Waals surface area contributed by atoms with E-state index in [0.717, 1.165) is 5.56 Å². The van der Waals surface area contributed by atoms with Gasteiger partial charge in [0.15, 0.2) is 0 Å². The van der Waals surface area contributed by atoms with Gasteiger partial charge < -0.3 is 0 Å². The number of para-hydroxylation sites is 1. The van der Waals surface area contributed by atoms with Crippen LogP contribution in [0, 0.1) is 0 Å². The average molecular weight is 375 g/mol. The predicted octanol–water partition coefficient (Wildman–Crippen LogP) is 4.01. The van der Waals surface area contributed by atoms with E-state index in [0.29, 0.717) is 10.2 Å². The van der Waals surface area contributed by atoms with Crippen LogP contribution in [0.5, 0.6) is 0 Å². The molecular formula is C14H13BrClNO2S. The molecule has 0 N–H and O–H groups in total. The molecule has 0 unspecified atom stereocenters. The summed E-state index contributed by atoms with van der Waals surface area (Å²) in [5, 5.41) is 0. The van der Waals surface area contributed by atoms with E-state index in [4.69, 9.17) is 11.6 Å². The Labute approximate surface area is 132 Å². The molecule has 0 amide bonds.